The van der Waals surface area contributed by atoms with E-state index < -0.39 is 0 Å². The maximum atomic E-state index is 5.55. The van der Waals surface area contributed by atoms with Crippen molar-refractivity contribution in [1.82, 2.24) is 25.3 Å². The van der Waals surface area contributed by atoms with E-state index in [-0.39, 0.29) is 30.0 Å². The number of aryl methyl sites for hydroxylation is 3. The largest absolute Gasteiger partial charge is 0.496 e. The molecular weight excluding hydrogens is 491 g/mol. The lowest BCUT2D eigenvalue weighted by Gasteiger charge is -2.25. The zero-order valence-electron chi connectivity index (χ0n) is 19.1. The lowest BCUT2D eigenvalue weighted by atomic mass is 10.0. The zero-order valence-corrected chi connectivity index (χ0v) is 21.4. The van der Waals surface area contributed by atoms with Crippen LogP contribution in [0.4, 0.5) is 0 Å². The predicted molar refractivity (Wildman–Crippen MR) is 135 cm³/mol. The number of nitrogens with zero attached hydrogens (tertiary/aromatic N) is 4. The molecule has 0 saturated heterocycles. The molecule has 8 heteroatoms. The van der Waals surface area contributed by atoms with Crippen molar-refractivity contribution in [2.75, 3.05) is 40.8 Å². The molecule has 0 bridgehead atoms. The van der Waals surface area contributed by atoms with E-state index in [2.05, 4.69) is 65.4 Å². The Balaban J connectivity index is 0.00000450. The van der Waals surface area contributed by atoms with Crippen LogP contribution in [0, 0.1) is 13.8 Å². The molecule has 1 aromatic heterocycles. The topological polar surface area (TPSA) is 66.7 Å². The molecule has 0 radical (unpaired) electrons. The Morgan fingerprint density at radius 3 is 2.57 bits per heavy atom. The van der Waals surface area contributed by atoms with Crippen LogP contribution in [0.2, 0.25) is 0 Å². The smallest absolute Gasteiger partial charge is 0.191 e. The molecule has 0 saturated carbocycles. The van der Waals surface area contributed by atoms with Crippen molar-refractivity contribution in [2.45, 2.75) is 39.8 Å². The van der Waals surface area contributed by atoms with Gasteiger partial charge in [0.1, 0.15) is 5.75 Å². The van der Waals surface area contributed by atoms with E-state index in [1.54, 1.807) is 7.11 Å². The Hall–Kier alpha value is -1.81. The lowest BCUT2D eigenvalue weighted by molar-refractivity contribution is 0.295. The van der Waals surface area contributed by atoms with Crippen molar-refractivity contribution < 1.29 is 4.74 Å². The number of hydrogen-bond donors (Lipinski definition) is 2. The van der Waals surface area contributed by atoms with Gasteiger partial charge in [0.25, 0.3) is 0 Å². The highest BCUT2D eigenvalue weighted by atomic mass is 127. The first-order valence-corrected chi connectivity index (χ1v) is 10.3. The van der Waals surface area contributed by atoms with Crippen molar-refractivity contribution in [2.24, 2.45) is 4.99 Å². The number of para-hydroxylation sites is 1. The monoisotopic (exact) mass is 528 g/mol. The van der Waals surface area contributed by atoms with E-state index in [9.17, 15) is 0 Å². The number of rotatable bonds is 10. The van der Waals surface area contributed by atoms with Gasteiger partial charge in [-0.2, -0.15) is 5.10 Å². The number of methoxy groups -OCH3 is 1. The zero-order chi connectivity index (χ0) is 21.2. The molecule has 0 spiro atoms. The molecule has 2 aromatic rings. The van der Waals surface area contributed by atoms with Crippen LogP contribution in [0.1, 0.15) is 36.3 Å². The second-order valence-corrected chi connectivity index (χ2v) is 7.37. The Bertz CT molecular complexity index is 790. The maximum absolute atomic E-state index is 5.55. The van der Waals surface area contributed by atoms with E-state index in [1.165, 1.54) is 5.69 Å². The van der Waals surface area contributed by atoms with Crippen molar-refractivity contribution in [3.8, 4) is 5.75 Å². The normalized spacial score (nSPS) is 12.4. The fraction of sp³-hybridized carbons (Fsp3) is 0.545. The second kappa shape index (κ2) is 13.5. The lowest BCUT2D eigenvalue weighted by Crippen LogP contribution is -2.38. The van der Waals surface area contributed by atoms with Gasteiger partial charge in [-0.15, -0.1) is 24.0 Å². The summed E-state index contributed by atoms with van der Waals surface area (Å²) in [5.74, 6) is 1.73. The van der Waals surface area contributed by atoms with Crippen LogP contribution in [0.3, 0.4) is 0 Å². The Morgan fingerprint density at radius 2 is 1.97 bits per heavy atom. The standard InChI is InChI=1S/C22H36N6O.HI/c1-7-23-22(24-13-10-14-28-18(3)15-17(2)26-28)25-16-20(27(4)5)19-11-8-9-12-21(19)29-6;/h8-9,11-12,15,20H,7,10,13-14,16H2,1-6H3,(H2,23,24,25);1H. The number of guanidine groups is 1. The maximum Gasteiger partial charge on any atom is 0.191 e. The van der Waals surface area contributed by atoms with Gasteiger partial charge < -0.3 is 20.3 Å². The molecule has 2 rings (SSSR count). The number of nitrogens with one attached hydrogen (secondary N) is 2. The third-order valence-corrected chi connectivity index (χ3v) is 4.83. The minimum absolute atomic E-state index is 0. The van der Waals surface area contributed by atoms with Gasteiger partial charge >= 0.3 is 0 Å². The first-order chi connectivity index (χ1) is 14.0. The number of halogens is 1. The summed E-state index contributed by atoms with van der Waals surface area (Å²) in [6.45, 7) is 9.40. The number of ether oxygens (including phenoxy) is 1. The average Bonchev–Trinajstić information content (AvgIpc) is 3.02. The molecule has 0 amide bonds. The quantitative estimate of drug-likeness (QED) is 0.214. The Morgan fingerprint density at radius 1 is 1.23 bits per heavy atom. The molecule has 0 aliphatic rings. The molecule has 0 aliphatic carbocycles. The van der Waals surface area contributed by atoms with E-state index >= 15 is 0 Å². The summed E-state index contributed by atoms with van der Waals surface area (Å²) in [6, 6.07) is 10.4. The number of aliphatic imine (C=N–C) groups is 1. The molecule has 7 nitrogen and oxygen atoms in total. The molecule has 168 valence electrons. The van der Waals surface area contributed by atoms with Gasteiger partial charge in [0.05, 0.1) is 25.4 Å². The van der Waals surface area contributed by atoms with Gasteiger partial charge in [-0.1, -0.05) is 18.2 Å². The van der Waals surface area contributed by atoms with Crippen LogP contribution >= 0.6 is 24.0 Å². The highest BCUT2D eigenvalue weighted by Gasteiger charge is 2.18. The van der Waals surface area contributed by atoms with E-state index in [1.807, 2.05) is 25.1 Å². The summed E-state index contributed by atoms with van der Waals surface area (Å²) in [5.41, 5.74) is 3.41. The van der Waals surface area contributed by atoms with E-state index in [0.29, 0.717) is 6.54 Å². The SMILES string of the molecule is CCNC(=NCC(c1ccccc1OC)N(C)C)NCCCn1nc(C)cc1C.I. The first-order valence-electron chi connectivity index (χ1n) is 10.3. The molecule has 1 aromatic carbocycles. The predicted octanol–water partition coefficient (Wildman–Crippen LogP) is 3.37. The molecule has 1 atom stereocenters. The minimum Gasteiger partial charge on any atom is -0.496 e. The number of benzene rings is 1. The number of hydrogen-bond acceptors (Lipinski definition) is 4. The molecule has 1 unspecified atom stereocenters. The molecular formula is C22H37IN6O. The number of likely N-dealkylation sites (N-methyl/N-ethyl adjacent to an activating group) is 1. The van der Waals surface area contributed by atoms with Crippen LogP contribution < -0.4 is 15.4 Å². The van der Waals surface area contributed by atoms with Crippen LogP contribution in [-0.4, -0.2) is 61.5 Å². The van der Waals surface area contributed by atoms with Crippen LogP contribution in [0.15, 0.2) is 35.3 Å². The minimum atomic E-state index is 0. The van der Waals surface area contributed by atoms with E-state index in [0.717, 1.165) is 49.0 Å². The van der Waals surface area contributed by atoms with Crippen LogP contribution in [0.25, 0.3) is 0 Å². The molecule has 0 fully saturated rings. The van der Waals surface area contributed by atoms with E-state index in [4.69, 9.17) is 9.73 Å². The van der Waals surface area contributed by atoms with Gasteiger partial charge in [0.15, 0.2) is 5.96 Å². The summed E-state index contributed by atoms with van der Waals surface area (Å²) in [5, 5.41) is 11.3. The van der Waals surface area contributed by atoms with Gasteiger partial charge in [0, 0.05) is 30.9 Å². The first kappa shape index (κ1) is 26.2. The highest BCUT2D eigenvalue weighted by Crippen LogP contribution is 2.28. The Kier molecular flexibility index (Phi) is 11.8. The summed E-state index contributed by atoms with van der Waals surface area (Å²) in [7, 11) is 5.85. The second-order valence-electron chi connectivity index (χ2n) is 7.37. The highest BCUT2D eigenvalue weighted by molar-refractivity contribution is 14.0. The van der Waals surface area contributed by atoms with Crippen molar-refractivity contribution in [3.05, 3.63) is 47.3 Å². The van der Waals surface area contributed by atoms with Crippen molar-refractivity contribution in [1.29, 1.82) is 0 Å². The summed E-state index contributed by atoms with van der Waals surface area (Å²) in [6.07, 6.45) is 0.982. The van der Waals surface area contributed by atoms with Gasteiger partial charge in [-0.05, 0) is 53.4 Å². The molecule has 1 heterocycles. The Labute approximate surface area is 198 Å². The average molecular weight is 528 g/mol. The third kappa shape index (κ3) is 7.79. The summed E-state index contributed by atoms with van der Waals surface area (Å²) in [4.78, 5) is 7.00. The fourth-order valence-electron chi connectivity index (χ4n) is 3.34. The van der Waals surface area contributed by atoms with Gasteiger partial charge in [0.2, 0.25) is 0 Å². The molecule has 30 heavy (non-hydrogen) atoms. The van der Waals surface area contributed by atoms with Crippen molar-refractivity contribution >= 4 is 29.9 Å². The van der Waals surface area contributed by atoms with Crippen LogP contribution in [0.5, 0.6) is 5.75 Å². The van der Waals surface area contributed by atoms with Crippen LogP contribution in [-0.2, 0) is 6.54 Å². The summed E-state index contributed by atoms with van der Waals surface area (Å²) < 4.78 is 7.61. The molecule has 0 aliphatic heterocycles. The third-order valence-electron chi connectivity index (χ3n) is 4.83. The molecule has 2 N–H and O–H groups in total. The fourth-order valence-corrected chi connectivity index (χ4v) is 3.34. The van der Waals surface area contributed by atoms with Gasteiger partial charge in [-0.25, -0.2) is 0 Å². The van der Waals surface area contributed by atoms with Crippen molar-refractivity contribution in [3.63, 3.8) is 0 Å². The van der Waals surface area contributed by atoms with Gasteiger partial charge in [-0.3, -0.25) is 9.67 Å². The number of aromatic nitrogens is 2. The summed E-state index contributed by atoms with van der Waals surface area (Å²) >= 11 is 0.